The molecule has 0 saturated carbocycles. The number of carbonyl (C=O) groups is 11. The second kappa shape index (κ2) is 38.4. The van der Waals surface area contributed by atoms with Crippen molar-refractivity contribution >= 4 is 65.0 Å². The first-order valence-electron chi connectivity index (χ1n) is 33.9. The maximum atomic E-state index is 15.3. The highest BCUT2D eigenvalue weighted by atomic mass is 16.5. The van der Waals surface area contributed by atoms with E-state index in [1.165, 1.54) is 99.5 Å². The summed E-state index contributed by atoms with van der Waals surface area (Å²) in [5, 5.41) is 23.4. The highest BCUT2D eigenvalue weighted by Crippen LogP contribution is 2.27. The van der Waals surface area contributed by atoms with Crippen molar-refractivity contribution in [3.63, 3.8) is 0 Å². The number of amides is 11. The number of likely N-dealkylation sites (N-methyl/N-ethyl adjacent to an activating group) is 7. The molecule has 5 N–H and O–H groups in total. The van der Waals surface area contributed by atoms with Gasteiger partial charge in [-0.05, 0) is 120 Å². The molecule has 2 aliphatic rings. The quantitative estimate of drug-likeness (QED) is 0.122. The number of rotatable bonds is 18. The third kappa shape index (κ3) is 23.0. The Morgan fingerprint density at radius 3 is 1.49 bits per heavy atom. The molecule has 0 aromatic carbocycles. The number of carbonyl (C=O) groups excluding carboxylic acids is 11. The van der Waals surface area contributed by atoms with Crippen LogP contribution in [-0.4, -0.2) is 258 Å². The van der Waals surface area contributed by atoms with E-state index in [-0.39, 0.29) is 43.4 Å². The first-order valence-corrected chi connectivity index (χ1v) is 33.9. The lowest BCUT2D eigenvalue weighted by Crippen LogP contribution is -2.64. The number of aliphatic hydroxyl groups is 1. The summed E-state index contributed by atoms with van der Waals surface area (Å²) in [6.45, 7) is 32.2. The van der Waals surface area contributed by atoms with E-state index in [1.54, 1.807) is 54.5 Å². The molecule has 0 aromatic heterocycles. The largest absolute Gasteiger partial charge is 0.390 e. The standard InChI is InChI=1S/C68H122N12O13/c1-25-27-30-45(14)57(81)56-61(85)71-49(26-2)64(88)73(18)48(17)63(87)78(23)55(44(13)31-28-32-80-33-29-34-93-38-80)60(84)72-53(42(9)10)67(91)74(19)50(35-39(3)4)59(83)69-46(15)58(82)70-47(16)62(86)75(20)51(36-40(5)6)65(89)76(21)52(37-41(7)8)66(90)77(22)54(43(11)12)68(92)79(56)24/h25,27,39-57,81H,26,28-38H2,1-24H3,(H,69,83)(H,70,82)(H,71,85)(H,72,84)/b27-25+/t44-,45-,46+,47-,48-,49+,50+,51+,52+,53+,54+,55+,56+,57-/m1/s1. The van der Waals surface area contributed by atoms with Gasteiger partial charge in [-0.25, -0.2) is 0 Å². The van der Waals surface area contributed by atoms with Crippen LogP contribution in [0.1, 0.15) is 169 Å². The van der Waals surface area contributed by atoms with E-state index >= 15 is 24.0 Å². The Labute approximate surface area is 556 Å². The molecule has 25 nitrogen and oxygen atoms in total. The monoisotopic (exact) mass is 1310 g/mol. The highest BCUT2D eigenvalue weighted by molar-refractivity contribution is 6.00. The zero-order valence-corrected chi connectivity index (χ0v) is 61.0. The Hall–Kier alpha value is -6.21. The number of nitrogens with zero attached hydrogens (tertiary/aromatic N) is 8. The molecule has 532 valence electrons. The number of ether oxygens (including phenoxy) is 1. The number of aliphatic hydroxyl groups excluding tert-OH is 1. The summed E-state index contributed by atoms with van der Waals surface area (Å²) in [6, 6.07) is -13.8. The van der Waals surface area contributed by atoms with Gasteiger partial charge in [-0.2, -0.15) is 0 Å². The van der Waals surface area contributed by atoms with Crippen LogP contribution in [0.25, 0.3) is 0 Å². The third-order valence-corrected chi connectivity index (χ3v) is 18.5. The maximum absolute atomic E-state index is 15.3. The zero-order chi connectivity index (χ0) is 71.4. The van der Waals surface area contributed by atoms with E-state index in [2.05, 4.69) is 26.2 Å². The zero-order valence-electron chi connectivity index (χ0n) is 61.0. The Morgan fingerprint density at radius 2 is 1.00 bits per heavy atom. The molecular weight excluding hydrogens is 1190 g/mol. The molecule has 0 bridgehead atoms. The molecule has 2 fully saturated rings. The van der Waals surface area contributed by atoms with E-state index in [4.69, 9.17) is 4.74 Å². The first kappa shape index (κ1) is 82.9. The lowest BCUT2D eigenvalue weighted by molar-refractivity contribution is -0.157. The number of hydrogen-bond acceptors (Lipinski definition) is 14. The van der Waals surface area contributed by atoms with E-state index < -0.39 is 161 Å². The topological polar surface area (TPSA) is 291 Å². The Morgan fingerprint density at radius 1 is 0.516 bits per heavy atom. The molecule has 2 aliphatic heterocycles. The van der Waals surface area contributed by atoms with Crippen LogP contribution in [0.4, 0.5) is 0 Å². The van der Waals surface area contributed by atoms with Gasteiger partial charge in [-0.1, -0.05) is 102 Å². The van der Waals surface area contributed by atoms with Gasteiger partial charge in [-0.3, -0.25) is 57.6 Å². The summed E-state index contributed by atoms with van der Waals surface area (Å²) in [6.07, 6.45) is 4.79. The summed E-state index contributed by atoms with van der Waals surface area (Å²) in [4.78, 5) is 174. The van der Waals surface area contributed by atoms with Gasteiger partial charge in [0, 0.05) is 69.0 Å². The van der Waals surface area contributed by atoms with Gasteiger partial charge < -0.3 is 65.4 Å². The average molecular weight is 1320 g/mol. The fourth-order valence-electron chi connectivity index (χ4n) is 12.4. The van der Waals surface area contributed by atoms with Gasteiger partial charge in [0.25, 0.3) is 0 Å². The van der Waals surface area contributed by atoms with Gasteiger partial charge >= 0.3 is 0 Å². The molecule has 25 heteroatoms. The molecule has 0 spiro atoms. The van der Waals surface area contributed by atoms with Crippen molar-refractivity contribution in [1.82, 2.24) is 60.5 Å². The number of allylic oxidation sites excluding steroid dienone is 2. The predicted molar refractivity (Wildman–Crippen MR) is 359 cm³/mol. The molecule has 93 heavy (non-hydrogen) atoms. The fourth-order valence-corrected chi connectivity index (χ4v) is 12.4. The third-order valence-electron chi connectivity index (χ3n) is 18.5. The highest BCUT2D eigenvalue weighted by Gasteiger charge is 2.46. The van der Waals surface area contributed by atoms with Crippen molar-refractivity contribution < 1.29 is 62.6 Å². The molecule has 0 aromatic rings. The average Bonchev–Trinajstić information content (AvgIpc) is 1.04. The summed E-state index contributed by atoms with van der Waals surface area (Å²) < 4.78 is 5.67. The number of hydrogen-bond donors (Lipinski definition) is 5. The lowest BCUT2D eigenvalue weighted by Gasteiger charge is -2.41. The molecule has 11 amide bonds. The molecular formula is C68H122N12O13. The second-order valence-electron chi connectivity index (χ2n) is 28.4. The lowest BCUT2D eigenvalue weighted by atomic mass is 9.91. The summed E-state index contributed by atoms with van der Waals surface area (Å²) in [5.41, 5.74) is 0. The SMILES string of the molecule is C/C=C/C[C@@H](C)[C@@H](O)[C@H]1C(=O)N[C@@H](CC)C(=O)N(C)[C@H](C)C(=O)N(C)[C@@H]([C@H](C)CCCN2CCCOC2)C(=O)N[C@@H](C(C)C)C(=O)N(C)[C@@H](CC(C)C)C(=O)N[C@@H](C)C(=O)N[C@H](C)C(=O)N(C)[C@@H](CC(C)C)C(=O)N(C)[C@@H](CC(C)C)C(=O)N(C)[C@@H](C(C)C)C(=O)N1C. The fraction of sp³-hybridized carbons (Fsp3) is 0.809. The predicted octanol–water partition coefficient (Wildman–Crippen LogP) is 3.71. The van der Waals surface area contributed by atoms with Crippen molar-refractivity contribution in [3.8, 4) is 0 Å². The molecule has 14 atom stereocenters. The van der Waals surface area contributed by atoms with Gasteiger partial charge in [0.1, 0.15) is 66.5 Å². The molecule has 2 heterocycles. The minimum atomic E-state index is -1.63. The van der Waals surface area contributed by atoms with Crippen molar-refractivity contribution in [3.05, 3.63) is 12.2 Å². The summed E-state index contributed by atoms with van der Waals surface area (Å²) in [7, 11) is 10.0. The summed E-state index contributed by atoms with van der Waals surface area (Å²) >= 11 is 0. The van der Waals surface area contributed by atoms with Gasteiger partial charge in [-0.15, -0.1) is 0 Å². The van der Waals surface area contributed by atoms with Crippen LogP contribution in [0.2, 0.25) is 0 Å². The maximum Gasteiger partial charge on any atom is 0.246 e. The van der Waals surface area contributed by atoms with E-state index in [0.717, 1.165) is 17.9 Å². The molecule has 2 saturated heterocycles. The minimum Gasteiger partial charge on any atom is -0.390 e. The van der Waals surface area contributed by atoms with Crippen LogP contribution in [0.3, 0.4) is 0 Å². The normalized spacial score (nSPS) is 27.9. The van der Waals surface area contributed by atoms with Crippen LogP contribution >= 0.6 is 0 Å². The summed E-state index contributed by atoms with van der Waals surface area (Å²) in [5.74, 6) is -10.2. The van der Waals surface area contributed by atoms with Crippen LogP contribution in [0.5, 0.6) is 0 Å². The number of nitrogens with one attached hydrogen (secondary N) is 4. The smallest absolute Gasteiger partial charge is 0.246 e. The Kier molecular flexibility index (Phi) is 34.2. The molecule has 2 rings (SSSR count). The van der Waals surface area contributed by atoms with Crippen LogP contribution in [0.15, 0.2) is 12.2 Å². The molecule has 0 aliphatic carbocycles. The van der Waals surface area contributed by atoms with E-state index in [0.29, 0.717) is 39.1 Å². The van der Waals surface area contributed by atoms with E-state index in [1.807, 2.05) is 54.5 Å². The van der Waals surface area contributed by atoms with Crippen molar-refractivity contribution in [2.45, 2.75) is 242 Å². The second-order valence-corrected chi connectivity index (χ2v) is 28.4. The van der Waals surface area contributed by atoms with Crippen molar-refractivity contribution in [2.24, 2.45) is 41.4 Å². The van der Waals surface area contributed by atoms with Gasteiger partial charge in [0.2, 0.25) is 65.0 Å². The Balaban J connectivity index is 3.03. The van der Waals surface area contributed by atoms with E-state index in [9.17, 15) is 33.9 Å². The first-order chi connectivity index (χ1) is 43.2. The van der Waals surface area contributed by atoms with Crippen LogP contribution in [-0.2, 0) is 57.5 Å². The molecule has 0 unspecified atom stereocenters. The van der Waals surface area contributed by atoms with Gasteiger partial charge in [0.15, 0.2) is 0 Å². The molecule has 0 radical (unpaired) electrons. The van der Waals surface area contributed by atoms with Gasteiger partial charge in [0.05, 0.1) is 12.8 Å². The van der Waals surface area contributed by atoms with Crippen LogP contribution in [0, 0.1) is 41.4 Å². The minimum absolute atomic E-state index is 0.00746. The Bertz CT molecular complexity index is 2540. The van der Waals surface area contributed by atoms with Crippen molar-refractivity contribution in [1.29, 1.82) is 0 Å². The van der Waals surface area contributed by atoms with Crippen molar-refractivity contribution in [2.75, 3.05) is 75.8 Å². The van der Waals surface area contributed by atoms with Crippen LogP contribution < -0.4 is 21.3 Å².